The Hall–Kier alpha value is -2.30. The zero-order valence-corrected chi connectivity index (χ0v) is 10.8. The fourth-order valence-electron chi connectivity index (χ4n) is 2.50. The molecule has 3 atom stereocenters. The maximum Gasteiger partial charge on any atom is 0.300 e. The lowest BCUT2D eigenvalue weighted by atomic mass is 10.2. The van der Waals surface area contributed by atoms with Crippen molar-refractivity contribution in [3.05, 3.63) is 22.6 Å². The highest BCUT2D eigenvalue weighted by atomic mass is 16.6. The molecule has 0 spiro atoms. The molecule has 0 radical (unpaired) electrons. The van der Waals surface area contributed by atoms with E-state index < -0.39 is 23.4 Å². The number of hydrogen-bond acceptors (Lipinski definition) is 8. The summed E-state index contributed by atoms with van der Waals surface area (Å²) < 4.78 is 6.92. The third-order valence-electron chi connectivity index (χ3n) is 3.51. The van der Waals surface area contributed by atoms with Crippen LogP contribution in [0.4, 0.5) is 11.5 Å². The molecular formula is C11H13N5O5. The predicted octanol–water partition coefficient (Wildman–Crippen LogP) is -0.438. The number of nitrogens with two attached hydrogens (primary N) is 1. The summed E-state index contributed by atoms with van der Waals surface area (Å²) in [6.07, 6.45) is 0.402. The number of hydrogen-bond donors (Lipinski definition) is 3. The van der Waals surface area contributed by atoms with Gasteiger partial charge < -0.3 is 20.7 Å². The number of nitrogen functional groups attached to an aromatic ring is 1. The van der Waals surface area contributed by atoms with Crippen LogP contribution in [0.25, 0.3) is 11.0 Å². The van der Waals surface area contributed by atoms with Gasteiger partial charge in [0, 0.05) is 6.42 Å². The minimum atomic E-state index is -0.851. The Labute approximate surface area is 117 Å². The summed E-state index contributed by atoms with van der Waals surface area (Å²) in [5.41, 5.74) is 5.72. The molecule has 0 saturated carbocycles. The van der Waals surface area contributed by atoms with Crippen molar-refractivity contribution in [3.8, 4) is 0 Å². The maximum atomic E-state index is 11.1. The monoisotopic (exact) mass is 295 g/mol. The number of fused-ring (bicyclic) bond motifs is 1. The van der Waals surface area contributed by atoms with Crippen molar-refractivity contribution in [2.45, 2.75) is 24.9 Å². The lowest BCUT2D eigenvalue weighted by Crippen LogP contribution is -2.24. The van der Waals surface area contributed by atoms with Gasteiger partial charge in [0.15, 0.2) is 5.65 Å². The molecule has 1 saturated heterocycles. The Bertz CT molecular complexity index is 702. The summed E-state index contributed by atoms with van der Waals surface area (Å²) in [5, 5.41) is 30.1. The van der Waals surface area contributed by atoms with Crippen LogP contribution in [0.1, 0.15) is 12.6 Å². The quantitative estimate of drug-likeness (QED) is 0.509. The molecule has 3 heterocycles. The minimum absolute atomic E-state index is 0.00250. The predicted molar refractivity (Wildman–Crippen MR) is 70.2 cm³/mol. The molecule has 10 nitrogen and oxygen atoms in total. The van der Waals surface area contributed by atoms with Gasteiger partial charge in [0.05, 0.1) is 23.8 Å². The largest absolute Gasteiger partial charge is 0.394 e. The van der Waals surface area contributed by atoms with Crippen LogP contribution in [0.5, 0.6) is 0 Å². The van der Waals surface area contributed by atoms with Gasteiger partial charge in [-0.15, -0.1) is 0 Å². The van der Waals surface area contributed by atoms with E-state index in [0.717, 1.165) is 0 Å². The Morgan fingerprint density at radius 2 is 2.33 bits per heavy atom. The normalized spacial score (nSPS) is 25.5. The van der Waals surface area contributed by atoms with E-state index in [-0.39, 0.29) is 35.6 Å². The van der Waals surface area contributed by atoms with Gasteiger partial charge >= 0.3 is 0 Å². The SMILES string of the molecule is Nc1ncnc2c1c([N+](=O)[O-])cn2[C@@H]1C[C@H](O)[C@@H](CO)O1. The van der Waals surface area contributed by atoms with Crippen LogP contribution >= 0.6 is 0 Å². The second-order valence-corrected chi connectivity index (χ2v) is 4.75. The van der Waals surface area contributed by atoms with Gasteiger partial charge in [0.25, 0.3) is 5.69 Å². The van der Waals surface area contributed by atoms with Crippen LogP contribution in [0.3, 0.4) is 0 Å². The third-order valence-corrected chi connectivity index (χ3v) is 3.51. The lowest BCUT2D eigenvalue weighted by molar-refractivity contribution is -0.383. The van der Waals surface area contributed by atoms with Crippen molar-refractivity contribution in [1.29, 1.82) is 0 Å². The zero-order chi connectivity index (χ0) is 15.1. The topological polar surface area (TPSA) is 150 Å². The zero-order valence-electron chi connectivity index (χ0n) is 10.8. The molecule has 0 aromatic carbocycles. The molecular weight excluding hydrogens is 282 g/mol. The molecule has 10 heteroatoms. The Kier molecular flexibility index (Phi) is 3.20. The standard InChI is InChI=1S/C11H13N5O5/c12-10-9-5(16(19)20)2-15(11(9)14-4-13-10)8-1-6(18)7(3-17)21-8/h2,4,6-8,17-18H,1,3H2,(H2,12,13,14)/t6-,7+,8-/m0/s1. The van der Waals surface area contributed by atoms with E-state index >= 15 is 0 Å². The molecule has 0 amide bonds. The highest BCUT2D eigenvalue weighted by Crippen LogP contribution is 2.36. The van der Waals surface area contributed by atoms with E-state index in [9.17, 15) is 15.2 Å². The molecule has 112 valence electrons. The van der Waals surface area contributed by atoms with Gasteiger partial charge in [0.1, 0.15) is 29.9 Å². The Morgan fingerprint density at radius 1 is 1.57 bits per heavy atom. The van der Waals surface area contributed by atoms with Crippen molar-refractivity contribution in [3.63, 3.8) is 0 Å². The third kappa shape index (κ3) is 2.09. The first-order valence-electron chi connectivity index (χ1n) is 6.22. The van der Waals surface area contributed by atoms with Crippen molar-refractivity contribution >= 4 is 22.5 Å². The number of nitro groups is 1. The van der Waals surface area contributed by atoms with Crippen LogP contribution in [-0.2, 0) is 4.74 Å². The number of aliphatic hydroxyl groups excluding tert-OH is 2. The summed E-state index contributed by atoms with van der Waals surface area (Å²) >= 11 is 0. The fourth-order valence-corrected chi connectivity index (χ4v) is 2.50. The van der Waals surface area contributed by atoms with Crippen molar-refractivity contribution < 1.29 is 19.9 Å². The maximum absolute atomic E-state index is 11.1. The van der Waals surface area contributed by atoms with Crippen LogP contribution in [-0.4, -0.2) is 48.5 Å². The first-order valence-corrected chi connectivity index (χ1v) is 6.22. The second kappa shape index (κ2) is 4.91. The van der Waals surface area contributed by atoms with E-state index in [2.05, 4.69) is 9.97 Å². The van der Waals surface area contributed by atoms with E-state index in [1.807, 2.05) is 0 Å². The van der Waals surface area contributed by atoms with Gasteiger partial charge in [-0.3, -0.25) is 14.7 Å². The van der Waals surface area contributed by atoms with Crippen molar-refractivity contribution in [1.82, 2.24) is 14.5 Å². The number of rotatable bonds is 3. The number of aromatic nitrogens is 3. The highest BCUT2D eigenvalue weighted by molar-refractivity contribution is 5.95. The van der Waals surface area contributed by atoms with Crippen LogP contribution in [0.2, 0.25) is 0 Å². The van der Waals surface area contributed by atoms with E-state index in [0.29, 0.717) is 0 Å². The van der Waals surface area contributed by atoms with Gasteiger partial charge in [-0.1, -0.05) is 0 Å². The van der Waals surface area contributed by atoms with Crippen molar-refractivity contribution in [2.75, 3.05) is 12.3 Å². The molecule has 2 aromatic rings. The molecule has 1 fully saturated rings. The summed E-state index contributed by atoms with van der Waals surface area (Å²) in [4.78, 5) is 18.3. The molecule has 4 N–H and O–H groups in total. The summed E-state index contributed by atoms with van der Waals surface area (Å²) in [6.45, 7) is -0.337. The first kappa shape index (κ1) is 13.7. The molecule has 3 rings (SSSR count). The first-order chi connectivity index (χ1) is 10.0. The molecule has 0 aliphatic carbocycles. The number of aliphatic hydroxyl groups is 2. The highest BCUT2D eigenvalue weighted by Gasteiger charge is 2.36. The van der Waals surface area contributed by atoms with Gasteiger partial charge in [-0.2, -0.15) is 0 Å². The molecule has 0 bridgehead atoms. The Morgan fingerprint density at radius 3 is 2.95 bits per heavy atom. The van der Waals surface area contributed by atoms with E-state index in [1.54, 1.807) is 0 Å². The summed E-state index contributed by atoms with van der Waals surface area (Å²) in [5.74, 6) is 0.00250. The second-order valence-electron chi connectivity index (χ2n) is 4.75. The summed E-state index contributed by atoms with van der Waals surface area (Å²) in [6, 6.07) is 0. The molecule has 21 heavy (non-hydrogen) atoms. The molecule has 2 aromatic heterocycles. The Balaban J connectivity index is 2.12. The van der Waals surface area contributed by atoms with Crippen LogP contribution in [0.15, 0.2) is 12.5 Å². The molecule has 1 aliphatic heterocycles. The average molecular weight is 295 g/mol. The fraction of sp³-hybridized carbons (Fsp3) is 0.455. The molecule has 0 unspecified atom stereocenters. The van der Waals surface area contributed by atoms with Gasteiger partial charge in [0.2, 0.25) is 0 Å². The average Bonchev–Trinajstić information content (AvgIpc) is 3.00. The smallest absolute Gasteiger partial charge is 0.300 e. The van der Waals surface area contributed by atoms with E-state index in [4.69, 9.17) is 15.6 Å². The van der Waals surface area contributed by atoms with Gasteiger partial charge in [-0.05, 0) is 0 Å². The number of anilines is 1. The molecule has 1 aliphatic rings. The van der Waals surface area contributed by atoms with Crippen LogP contribution < -0.4 is 5.73 Å². The minimum Gasteiger partial charge on any atom is -0.394 e. The number of nitrogens with zero attached hydrogens (tertiary/aromatic N) is 4. The summed E-state index contributed by atoms with van der Waals surface area (Å²) in [7, 11) is 0. The van der Waals surface area contributed by atoms with Gasteiger partial charge in [-0.25, -0.2) is 9.97 Å². The van der Waals surface area contributed by atoms with Crippen molar-refractivity contribution in [2.24, 2.45) is 0 Å². The van der Waals surface area contributed by atoms with E-state index in [1.165, 1.54) is 17.1 Å². The number of ether oxygens (including phenoxy) is 1. The lowest BCUT2D eigenvalue weighted by Gasteiger charge is -2.13. The van der Waals surface area contributed by atoms with Crippen LogP contribution in [0, 0.1) is 10.1 Å².